The highest BCUT2D eigenvalue weighted by molar-refractivity contribution is 9.10. The number of rotatable bonds is 3. The molecule has 1 amide bonds. The van der Waals surface area contributed by atoms with Crippen molar-refractivity contribution in [3.05, 3.63) is 34.1 Å². The lowest BCUT2D eigenvalue weighted by molar-refractivity contribution is 0.0942. The first-order chi connectivity index (χ1) is 8.58. The molecule has 5 heteroatoms. The average Bonchev–Trinajstić information content (AvgIpc) is 2.72. The molecule has 1 fully saturated rings. The van der Waals surface area contributed by atoms with Gasteiger partial charge in [-0.2, -0.15) is 0 Å². The molecule has 1 aromatic rings. The molecule has 1 aliphatic carbocycles. The van der Waals surface area contributed by atoms with E-state index in [-0.39, 0.29) is 11.5 Å². The third-order valence-electron chi connectivity index (χ3n) is 3.22. The predicted octanol–water partition coefficient (Wildman–Crippen LogP) is 3.88. The Balaban J connectivity index is 1.96. The Kier molecular flexibility index (Phi) is 4.78. The summed E-state index contributed by atoms with van der Waals surface area (Å²) in [4.78, 5) is 12.5. The SMILES string of the molecule is O=C(NCC1CCC(Br)C1)c1c(F)cccc1Br. The zero-order valence-corrected chi connectivity index (χ0v) is 12.9. The number of benzene rings is 1. The maximum atomic E-state index is 13.6. The Morgan fingerprint density at radius 2 is 2.22 bits per heavy atom. The van der Waals surface area contributed by atoms with E-state index in [2.05, 4.69) is 37.2 Å². The van der Waals surface area contributed by atoms with Gasteiger partial charge in [0, 0.05) is 15.8 Å². The van der Waals surface area contributed by atoms with Crippen molar-refractivity contribution < 1.29 is 9.18 Å². The fourth-order valence-corrected chi connectivity index (χ4v) is 3.55. The van der Waals surface area contributed by atoms with E-state index >= 15 is 0 Å². The molecule has 18 heavy (non-hydrogen) atoms. The summed E-state index contributed by atoms with van der Waals surface area (Å²) >= 11 is 6.78. The fraction of sp³-hybridized carbons (Fsp3) is 0.462. The second-order valence-electron chi connectivity index (χ2n) is 4.58. The molecular weight excluding hydrogens is 365 g/mol. The third-order valence-corrected chi connectivity index (χ3v) is 4.71. The van der Waals surface area contributed by atoms with Gasteiger partial charge in [-0.3, -0.25) is 4.79 Å². The molecule has 0 radical (unpaired) electrons. The third kappa shape index (κ3) is 3.32. The summed E-state index contributed by atoms with van der Waals surface area (Å²) in [6, 6.07) is 4.54. The molecule has 0 aromatic heterocycles. The van der Waals surface area contributed by atoms with Crippen molar-refractivity contribution in [3.8, 4) is 0 Å². The quantitative estimate of drug-likeness (QED) is 0.794. The second-order valence-corrected chi connectivity index (χ2v) is 6.73. The minimum Gasteiger partial charge on any atom is -0.352 e. The van der Waals surface area contributed by atoms with Crippen LogP contribution in [0.2, 0.25) is 0 Å². The number of alkyl halides is 1. The van der Waals surface area contributed by atoms with Gasteiger partial charge in [-0.1, -0.05) is 22.0 Å². The molecule has 2 rings (SSSR count). The molecule has 2 atom stereocenters. The van der Waals surface area contributed by atoms with Crippen LogP contribution in [0.1, 0.15) is 29.6 Å². The number of carbonyl (C=O) groups is 1. The molecule has 98 valence electrons. The van der Waals surface area contributed by atoms with E-state index in [0.717, 1.165) is 19.3 Å². The van der Waals surface area contributed by atoms with Crippen molar-refractivity contribution in [3.63, 3.8) is 0 Å². The molecule has 0 aliphatic heterocycles. The molecule has 2 nitrogen and oxygen atoms in total. The van der Waals surface area contributed by atoms with E-state index in [1.54, 1.807) is 12.1 Å². The zero-order valence-electron chi connectivity index (χ0n) is 9.76. The van der Waals surface area contributed by atoms with E-state index in [1.165, 1.54) is 6.07 Å². The van der Waals surface area contributed by atoms with Crippen LogP contribution < -0.4 is 5.32 Å². The fourth-order valence-electron chi connectivity index (χ4n) is 2.24. The molecule has 2 unspecified atom stereocenters. The average molecular weight is 379 g/mol. The van der Waals surface area contributed by atoms with Gasteiger partial charge in [0.1, 0.15) is 5.82 Å². The maximum Gasteiger partial charge on any atom is 0.255 e. The monoisotopic (exact) mass is 377 g/mol. The number of amides is 1. The number of halogens is 3. The van der Waals surface area contributed by atoms with E-state index < -0.39 is 5.82 Å². The van der Waals surface area contributed by atoms with Crippen LogP contribution in [0.4, 0.5) is 4.39 Å². The van der Waals surface area contributed by atoms with E-state index in [4.69, 9.17) is 0 Å². The summed E-state index contributed by atoms with van der Waals surface area (Å²) in [6.45, 7) is 0.613. The van der Waals surface area contributed by atoms with Crippen LogP contribution in [-0.4, -0.2) is 17.3 Å². The first-order valence-corrected chi connectivity index (χ1v) is 7.65. The van der Waals surface area contributed by atoms with Gasteiger partial charge >= 0.3 is 0 Å². The minimum absolute atomic E-state index is 0.0888. The smallest absolute Gasteiger partial charge is 0.255 e. The van der Waals surface area contributed by atoms with Crippen molar-refractivity contribution in [2.24, 2.45) is 5.92 Å². The zero-order chi connectivity index (χ0) is 13.1. The van der Waals surface area contributed by atoms with Crippen LogP contribution in [0.25, 0.3) is 0 Å². The lowest BCUT2D eigenvalue weighted by Gasteiger charge is -2.12. The molecule has 0 bridgehead atoms. The van der Waals surface area contributed by atoms with Gasteiger partial charge in [0.2, 0.25) is 0 Å². The molecule has 1 N–H and O–H groups in total. The van der Waals surface area contributed by atoms with Gasteiger partial charge < -0.3 is 5.32 Å². The number of carbonyl (C=O) groups excluding carboxylic acids is 1. The number of nitrogens with one attached hydrogen (secondary N) is 1. The van der Waals surface area contributed by atoms with Gasteiger partial charge in [0.25, 0.3) is 5.91 Å². The lowest BCUT2D eigenvalue weighted by Crippen LogP contribution is -2.29. The van der Waals surface area contributed by atoms with Crippen molar-refractivity contribution in [1.29, 1.82) is 0 Å². The normalized spacial score (nSPS) is 23.1. The van der Waals surface area contributed by atoms with E-state index in [9.17, 15) is 9.18 Å². The van der Waals surface area contributed by atoms with Crippen LogP contribution in [0.3, 0.4) is 0 Å². The van der Waals surface area contributed by atoms with E-state index in [1.807, 2.05) is 0 Å². The van der Waals surface area contributed by atoms with Gasteiger partial charge in [-0.25, -0.2) is 4.39 Å². The first-order valence-electron chi connectivity index (χ1n) is 5.94. The highest BCUT2D eigenvalue weighted by Gasteiger charge is 2.23. The van der Waals surface area contributed by atoms with Gasteiger partial charge in [0.05, 0.1) is 5.56 Å². The molecule has 0 heterocycles. The number of hydrogen-bond acceptors (Lipinski definition) is 1. The summed E-state index contributed by atoms with van der Waals surface area (Å²) in [5.41, 5.74) is 0.0888. The van der Waals surface area contributed by atoms with Gasteiger partial charge in [0.15, 0.2) is 0 Å². The lowest BCUT2D eigenvalue weighted by atomic mass is 10.1. The maximum absolute atomic E-state index is 13.6. The van der Waals surface area contributed by atoms with Crippen molar-refractivity contribution in [1.82, 2.24) is 5.32 Å². The van der Waals surface area contributed by atoms with Crippen molar-refractivity contribution in [2.45, 2.75) is 24.1 Å². The second kappa shape index (κ2) is 6.15. The van der Waals surface area contributed by atoms with Crippen LogP contribution in [0.5, 0.6) is 0 Å². The van der Waals surface area contributed by atoms with Gasteiger partial charge in [-0.05, 0) is 53.2 Å². The molecule has 1 aromatic carbocycles. The molecule has 0 saturated heterocycles. The Bertz CT molecular complexity index is 432. The van der Waals surface area contributed by atoms with Crippen LogP contribution in [-0.2, 0) is 0 Å². The molecule has 1 saturated carbocycles. The van der Waals surface area contributed by atoms with Crippen LogP contribution >= 0.6 is 31.9 Å². The van der Waals surface area contributed by atoms with Crippen LogP contribution in [0.15, 0.2) is 22.7 Å². The Hall–Kier alpha value is -0.420. The summed E-state index contributed by atoms with van der Waals surface area (Å²) in [7, 11) is 0. The summed E-state index contributed by atoms with van der Waals surface area (Å²) < 4.78 is 14.1. The van der Waals surface area contributed by atoms with Crippen LogP contribution in [0, 0.1) is 11.7 Å². The predicted molar refractivity (Wildman–Crippen MR) is 76.5 cm³/mol. The van der Waals surface area contributed by atoms with E-state index in [0.29, 0.717) is 21.8 Å². The minimum atomic E-state index is -0.494. The van der Waals surface area contributed by atoms with Crippen molar-refractivity contribution in [2.75, 3.05) is 6.54 Å². The summed E-state index contributed by atoms with van der Waals surface area (Å²) in [5, 5.41) is 2.81. The molecule has 1 aliphatic rings. The topological polar surface area (TPSA) is 29.1 Å². The Morgan fingerprint density at radius 3 is 2.83 bits per heavy atom. The van der Waals surface area contributed by atoms with Crippen molar-refractivity contribution >= 4 is 37.8 Å². The van der Waals surface area contributed by atoms with Gasteiger partial charge in [-0.15, -0.1) is 0 Å². The summed E-state index contributed by atoms with van der Waals surface area (Å²) in [5.74, 6) is -0.353. The standard InChI is InChI=1S/C13H14Br2FNO/c14-9-5-4-8(6-9)7-17-13(18)12-10(15)2-1-3-11(12)16/h1-3,8-9H,4-7H2,(H,17,18). The summed E-state index contributed by atoms with van der Waals surface area (Å²) in [6.07, 6.45) is 3.32. The highest BCUT2D eigenvalue weighted by Crippen LogP contribution is 2.30. The molecule has 0 spiro atoms. The largest absolute Gasteiger partial charge is 0.352 e. The molecular formula is C13H14Br2FNO. The number of hydrogen-bond donors (Lipinski definition) is 1. The Morgan fingerprint density at radius 1 is 1.44 bits per heavy atom. The first kappa shape index (κ1) is 14.0. The Labute approximate surface area is 123 Å². The highest BCUT2D eigenvalue weighted by atomic mass is 79.9.